The lowest BCUT2D eigenvalue weighted by Crippen LogP contribution is -2.24. The van der Waals surface area contributed by atoms with Crippen molar-refractivity contribution in [1.82, 2.24) is 5.32 Å². The minimum absolute atomic E-state index is 0.0385. The van der Waals surface area contributed by atoms with Crippen LogP contribution >= 0.6 is 0 Å². The molecule has 3 N–H and O–H groups in total. The van der Waals surface area contributed by atoms with Crippen molar-refractivity contribution in [1.29, 1.82) is 0 Å². The molecule has 104 valence electrons. The maximum absolute atomic E-state index is 11.9. The summed E-state index contributed by atoms with van der Waals surface area (Å²) in [5.74, 6) is 0.0269. The van der Waals surface area contributed by atoms with Crippen LogP contribution in [-0.4, -0.2) is 22.7 Å². The van der Waals surface area contributed by atoms with Crippen LogP contribution in [0.25, 0.3) is 0 Å². The maximum Gasteiger partial charge on any atom is 0.258 e. The molecule has 1 aliphatic rings. The summed E-state index contributed by atoms with van der Waals surface area (Å²) in [4.78, 5) is 11.9. The van der Waals surface area contributed by atoms with E-state index in [0.29, 0.717) is 6.54 Å². The number of phenols is 2. The van der Waals surface area contributed by atoms with Crippen LogP contribution in [0.5, 0.6) is 11.5 Å². The summed E-state index contributed by atoms with van der Waals surface area (Å²) < 4.78 is 0. The van der Waals surface area contributed by atoms with Gasteiger partial charge < -0.3 is 15.5 Å². The quantitative estimate of drug-likeness (QED) is 0.715. The predicted molar refractivity (Wildman–Crippen MR) is 73.3 cm³/mol. The van der Waals surface area contributed by atoms with Crippen LogP contribution in [0.4, 0.5) is 0 Å². The molecule has 0 aromatic heterocycles. The highest BCUT2D eigenvalue weighted by molar-refractivity contribution is 5.99. The highest BCUT2D eigenvalue weighted by Crippen LogP contribution is 2.28. The van der Waals surface area contributed by atoms with Crippen LogP contribution in [0.15, 0.2) is 18.2 Å². The van der Waals surface area contributed by atoms with Crippen LogP contribution in [0, 0.1) is 5.92 Å². The fourth-order valence-corrected chi connectivity index (χ4v) is 2.74. The molecule has 0 radical (unpaired) electrons. The first kappa shape index (κ1) is 13.7. The summed E-state index contributed by atoms with van der Waals surface area (Å²) in [5, 5.41) is 21.9. The third kappa shape index (κ3) is 3.63. The molecule has 1 amide bonds. The van der Waals surface area contributed by atoms with Gasteiger partial charge in [0.15, 0.2) is 0 Å². The van der Waals surface area contributed by atoms with Crippen molar-refractivity contribution in [2.75, 3.05) is 6.54 Å². The Morgan fingerprint density at radius 2 is 1.84 bits per heavy atom. The summed E-state index contributed by atoms with van der Waals surface area (Å²) in [7, 11) is 0. The van der Waals surface area contributed by atoms with Gasteiger partial charge in [-0.2, -0.15) is 0 Å². The zero-order valence-electron chi connectivity index (χ0n) is 11.1. The fraction of sp³-hybridized carbons (Fsp3) is 0.533. The van der Waals surface area contributed by atoms with E-state index in [0.717, 1.165) is 18.8 Å². The van der Waals surface area contributed by atoms with Crippen molar-refractivity contribution in [2.24, 2.45) is 5.92 Å². The molecule has 0 atom stereocenters. The SMILES string of the molecule is O=C(NCCCC1CCCC1)c1c(O)cccc1O. The number of phenolic OH excluding ortho intramolecular Hbond substituents is 2. The summed E-state index contributed by atoms with van der Waals surface area (Å²) in [5.41, 5.74) is -0.0385. The topological polar surface area (TPSA) is 69.6 Å². The van der Waals surface area contributed by atoms with Gasteiger partial charge in [-0.15, -0.1) is 0 Å². The minimum atomic E-state index is -0.415. The van der Waals surface area contributed by atoms with Crippen molar-refractivity contribution in [3.8, 4) is 11.5 Å². The average molecular weight is 263 g/mol. The number of rotatable bonds is 5. The van der Waals surface area contributed by atoms with Gasteiger partial charge in [-0.25, -0.2) is 0 Å². The molecule has 4 heteroatoms. The second-order valence-electron chi connectivity index (χ2n) is 5.22. The number of carbonyl (C=O) groups excluding carboxylic acids is 1. The normalized spacial score (nSPS) is 15.6. The largest absolute Gasteiger partial charge is 0.507 e. The molecule has 19 heavy (non-hydrogen) atoms. The first-order valence-corrected chi connectivity index (χ1v) is 6.97. The molecule has 0 bridgehead atoms. The lowest BCUT2D eigenvalue weighted by Gasteiger charge is -2.10. The summed E-state index contributed by atoms with van der Waals surface area (Å²) in [6.07, 6.45) is 7.39. The molecule has 1 aromatic rings. The Kier molecular flexibility index (Phi) is 4.66. The van der Waals surface area contributed by atoms with Crippen LogP contribution in [0.1, 0.15) is 48.9 Å². The summed E-state index contributed by atoms with van der Waals surface area (Å²) >= 11 is 0. The molecule has 4 nitrogen and oxygen atoms in total. The highest BCUT2D eigenvalue weighted by Gasteiger charge is 2.16. The lowest BCUT2D eigenvalue weighted by molar-refractivity contribution is 0.0947. The van der Waals surface area contributed by atoms with Crippen molar-refractivity contribution >= 4 is 5.91 Å². The number of aromatic hydroxyl groups is 2. The molecule has 0 aliphatic heterocycles. The number of carbonyl (C=O) groups is 1. The van der Waals surface area contributed by atoms with Crippen LogP contribution in [-0.2, 0) is 0 Å². The maximum atomic E-state index is 11.9. The zero-order valence-corrected chi connectivity index (χ0v) is 11.1. The van der Waals surface area contributed by atoms with E-state index in [9.17, 15) is 15.0 Å². The van der Waals surface area contributed by atoms with E-state index in [2.05, 4.69) is 5.32 Å². The average Bonchev–Trinajstić information content (AvgIpc) is 2.87. The molecule has 2 rings (SSSR count). The number of benzene rings is 1. The Bertz CT molecular complexity index is 419. The fourth-order valence-electron chi connectivity index (χ4n) is 2.74. The molecular weight excluding hydrogens is 242 g/mol. The predicted octanol–water partition coefficient (Wildman–Crippen LogP) is 2.80. The Balaban J connectivity index is 1.77. The number of nitrogens with one attached hydrogen (secondary N) is 1. The van der Waals surface area contributed by atoms with Gasteiger partial charge in [0.2, 0.25) is 0 Å². The second-order valence-corrected chi connectivity index (χ2v) is 5.22. The van der Waals surface area contributed by atoms with Crippen LogP contribution in [0.3, 0.4) is 0 Å². The van der Waals surface area contributed by atoms with Gasteiger partial charge in [-0.3, -0.25) is 4.79 Å². The highest BCUT2D eigenvalue weighted by atomic mass is 16.3. The lowest BCUT2D eigenvalue weighted by atomic mass is 10.0. The third-order valence-electron chi connectivity index (χ3n) is 3.80. The first-order chi connectivity index (χ1) is 9.18. The smallest absolute Gasteiger partial charge is 0.258 e. The molecule has 0 heterocycles. The first-order valence-electron chi connectivity index (χ1n) is 6.97. The Labute approximate surface area is 113 Å². The van der Waals surface area contributed by atoms with E-state index >= 15 is 0 Å². The van der Waals surface area contributed by atoms with E-state index in [1.54, 1.807) is 0 Å². The van der Waals surface area contributed by atoms with E-state index in [1.165, 1.54) is 43.9 Å². The van der Waals surface area contributed by atoms with Crippen LogP contribution in [0.2, 0.25) is 0 Å². The standard InChI is InChI=1S/C15H21NO3/c17-12-8-3-9-13(18)14(12)15(19)16-10-4-7-11-5-1-2-6-11/h3,8-9,11,17-18H,1-2,4-7,10H2,(H,16,19). The molecule has 0 saturated heterocycles. The van der Waals surface area contributed by atoms with Gasteiger partial charge >= 0.3 is 0 Å². The molecule has 0 unspecified atom stereocenters. The third-order valence-corrected chi connectivity index (χ3v) is 3.80. The van der Waals surface area contributed by atoms with E-state index < -0.39 is 5.91 Å². The van der Waals surface area contributed by atoms with Crippen molar-refractivity contribution in [3.05, 3.63) is 23.8 Å². The molecule has 0 spiro atoms. The van der Waals surface area contributed by atoms with Crippen LogP contribution < -0.4 is 5.32 Å². The van der Waals surface area contributed by atoms with Gasteiger partial charge in [-0.1, -0.05) is 31.7 Å². The van der Waals surface area contributed by atoms with Crippen molar-refractivity contribution in [2.45, 2.75) is 38.5 Å². The van der Waals surface area contributed by atoms with Gasteiger partial charge in [0.1, 0.15) is 17.1 Å². The molecule has 1 aliphatic carbocycles. The van der Waals surface area contributed by atoms with Gasteiger partial charge in [0, 0.05) is 6.54 Å². The van der Waals surface area contributed by atoms with E-state index in [-0.39, 0.29) is 17.1 Å². The number of hydrogen-bond donors (Lipinski definition) is 3. The number of hydrogen-bond acceptors (Lipinski definition) is 3. The molecular formula is C15H21NO3. The van der Waals surface area contributed by atoms with Crippen molar-refractivity contribution < 1.29 is 15.0 Å². The van der Waals surface area contributed by atoms with Gasteiger partial charge in [-0.05, 0) is 30.9 Å². The molecule has 1 aromatic carbocycles. The summed E-state index contributed by atoms with van der Waals surface area (Å²) in [6.45, 7) is 0.586. The monoisotopic (exact) mass is 263 g/mol. The Hall–Kier alpha value is -1.71. The van der Waals surface area contributed by atoms with Gasteiger partial charge in [0.25, 0.3) is 5.91 Å². The van der Waals surface area contributed by atoms with E-state index in [1.807, 2.05) is 0 Å². The second kappa shape index (κ2) is 6.45. The molecule has 1 fully saturated rings. The van der Waals surface area contributed by atoms with E-state index in [4.69, 9.17) is 0 Å². The Morgan fingerprint density at radius 3 is 2.47 bits per heavy atom. The van der Waals surface area contributed by atoms with Gasteiger partial charge in [0.05, 0.1) is 0 Å². The minimum Gasteiger partial charge on any atom is -0.507 e. The Morgan fingerprint density at radius 1 is 1.21 bits per heavy atom. The summed E-state index contributed by atoms with van der Waals surface area (Å²) in [6, 6.07) is 4.29. The zero-order chi connectivity index (χ0) is 13.7. The number of amides is 1. The molecule has 1 saturated carbocycles. The van der Waals surface area contributed by atoms with Crippen molar-refractivity contribution in [3.63, 3.8) is 0 Å².